The fraction of sp³-hybridized carbons (Fsp3) is 0.471. The van der Waals surface area contributed by atoms with Gasteiger partial charge in [0, 0.05) is 31.3 Å². The first-order chi connectivity index (χ1) is 11.2. The Morgan fingerprint density at radius 3 is 2.91 bits per heavy atom. The lowest BCUT2D eigenvalue weighted by Gasteiger charge is -2.31. The van der Waals surface area contributed by atoms with Crippen molar-refractivity contribution in [1.82, 2.24) is 9.91 Å². The van der Waals surface area contributed by atoms with Gasteiger partial charge in [-0.2, -0.15) is 5.10 Å². The average molecular weight is 328 g/mol. The molecule has 3 heterocycles. The molecule has 2 atom stereocenters. The van der Waals surface area contributed by atoms with E-state index in [1.807, 2.05) is 41.2 Å². The minimum Gasteiger partial charge on any atom is -0.342 e. The van der Waals surface area contributed by atoms with E-state index in [2.05, 4.69) is 11.2 Å². The van der Waals surface area contributed by atoms with Crippen molar-refractivity contribution < 1.29 is 4.79 Å². The van der Waals surface area contributed by atoms with Crippen LogP contribution in [0, 0.1) is 0 Å². The summed E-state index contributed by atoms with van der Waals surface area (Å²) < 4.78 is 0. The molecule has 0 bridgehead atoms. The molecular formula is C17H20N4OS. The smallest absolute Gasteiger partial charge is 0.235 e. The van der Waals surface area contributed by atoms with Crippen molar-refractivity contribution in [3.63, 3.8) is 0 Å². The zero-order valence-corrected chi connectivity index (χ0v) is 14.0. The highest BCUT2D eigenvalue weighted by Crippen LogP contribution is 2.41. The van der Waals surface area contributed by atoms with E-state index in [-0.39, 0.29) is 17.2 Å². The molecule has 23 heavy (non-hydrogen) atoms. The van der Waals surface area contributed by atoms with Gasteiger partial charge in [-0.25, -0.2) is 10.0 Å². The summed E-state index contributed by atoms with van der Waals surface area (Å²) in [5.74, 6) is 0.216. The number of nitrogens with zero attached hydrogens (tertiary/aromatic N) is 4. The molecule has 5 nitrogen and oxygen atoms in total. The van der Waals surface area contributed by atoms with E-state index in [9.17, 15) is 4.79 Å². The van der Waals surface area contributed by atoms with Crippen LogP contribution in [0.1, 0.15) is 37.8 Å². The van der Waals surface area contributed by atoms with Crippen molar-refractivity contribution >= 4 is 34.7 Å². The van der Waals surface area contributed by atoms with Crippen molar-refractivity contribution in [3.05, 3.63) is 29.8 Å². The maximum atomic E-state index is 12.5. The van der Waals surface area contributed by atoms with Crippen LogP contribution in [0.2, 0.25) is 0 Å². The number of likely N-dealkylation sites (tertiary alicyclic amines) is 1. The minimum absolute atomic E-state index is 0.131. The first-order valence-corrected chi connectivity index (χ1v) is 9.07. The summed E-state index contributed by atoms with van der Waals surface area (Å²) >= 11 is 1.53. The third kappa shape index (κ3) is 2.65. The summed E-state index contributed by atoms with van der Waals surface area (Å²) in [6, 6.07) is 8.43. The van der Waals surface area contributed by atoms with Gasteiger partial charge in [-0.05, 0) is 25.8 Å². The minimum atomic E-state index is -0.131. The van der Waals surface area contributed by atoms with Crippen LogP contribution < -0.4 is 0 Å². The number of aliphatic imine (C=N–C) groups is 1. The molecule has 0 aliphatic carbocycles. The van der Waals surface area contributed by atoms with Crippen LogP contribution in [0.4, 0.5) is 5.69 Å². The Labute approximate surface area is 140 Å². The number of amidine groups is 1. The van der Waals surface area contributed by atoms with Crippen molar-refractivity contribution in [2.45, 2.75) is 37.5 Å². The third-order valence-electron chi connectivity index (χ3n) is 4.59. The molecule has 1 saturated heterocycles. The van der Waals surface area contributed by atoms with Gasteiger partial charge < -0.3 is 4.90 Å². The topological polar surface area (TPSA) is 48.3 Å². The molecule has 0 aromatic heterocycles. The van der Waals surface area contributed by atoms with E-state index in [0.29, 0.717) is 0 Å². The maximum Gasteiger partial charge on any atom is 0.235 e. The van der Waals surface area contributed by atoms with Gasteiger partial charge in [-0.1, -0.05) is 30.0 Å². The zero-order chi connectivity index (χ0) is 15.8. The second-order valence-corrected chi connectivity index (χ2v) is 7.45. The number of carbonyl (C=O) groups excluding carboxylic acids is 1. The van der Waals surface area contributed by atoms with E-state index in [0.717, 1.165) is 43.2 Å². The van der Waals surface area contributed by atoms with Crippen LogP contribution in [0.3, 0.4) is 0 Å². The highest BCUT2D eigenvalue weighted by atomic mass is 32.2. The Kier molecular flexibility index (Phi) is 3.85. The van der Waals surface area contributed by atoms with Crippen molar-refractivity contribution in [2.75, 3.05) is 13.1 Å². The Morgan fingerprint density at radius 2 is 2.09 bits per heavy atom. The quantitative estimate of drug-likeness (QED) is 0.838. The molecule has 3 aliphatic heterocycles. The van der Waals surface area contributed by atoms with E-state index >= 15 is 0 Å². The van der Waals surface area contributed by atoms with Gasteiger partial charge in [0.25, 0.3) is 0 Å². The van der Waals surface area contributed by atoms with Gasteiger partial charge in [0.2, 0.25) is 5.91 Å². The normalized spacial score (nSPS) is 23.5. The van der Waals surface area contributed by atoms with Gasteiger partial charge in [0.05, 0.1) is 17.0 Å². The highest BCUT2D eigenvalue weighted by molar-refractivity contribution is 8.14. The van der Waals surface area contributed by atoms with Crippen LogP contribution in [0.15, 0.2) is 34.4 Å². The van der Waals surface area contributed by atoms with E-state index in [1.165, 1.54) is 17.3 Å². The van der Waals surface area contributed by atoms with Crippen molar-refractivity contribution in [2.24, 2.45) is 10.1 Å². The molecule has 1 aromatic rings. The van der Waals surface area contributed by atoms with Crippen LogP contribution in [0.5, 0.6) is 0 Å². The summed E-state index contributed by atoms with van der Waals surface area (Å²) in [6.07, 6.45) is 5.08. The van der Waals surface area contributed by atoms with Crippen molar-refractivity contribution in [3.8, 4) is 0 Å². The molecule has 1 aromatic carbocycles. The van der Waals surface area contributed by atoms with Gasteiger partial charge in [0.15, 0.2) is 5.17 Å². The molecular weight excluding hydrogens is 308 g/mol. The lowest BCUT2D eigenvalue weighted by atomic mass is 10.0. The molecule has 0 saturated carbocycles. The largest absolute Gasteiger partial charge is 0.342 e. The van der Waals surface area contributed by atoms with E-state index in [4.69, 9.17) is 4.99 Å². The van der Waals surface area contributed by atoms with Gasteiger partial charge in [-0.15, -0.1) is 0 Å². The second kappa shape index (κ2) is 6.00. The molecule has 6 heteroatoms. The number of hydrazone groups is 1. The number of carbonyl (C=O) groups is 1. The van der Waals surface area contributed by atoms with Crippen LogP contribution in [0.25, 0.3) is 0 Å². The van der Waals surface area contributed by atoms with E-state index < -0.39 is 0 Å². The standard InChI is InChI=1S/C17H20N4OS/c1-12(16(22)20-10-4-5-11-20)23-17-19-14-7-3-2-6-13(14)15-8-9-18-21(15)17/h2-3,6-7,9,12,15H,4-5,8,10-11H2,1H3/t12-,15+/m1/s1. The molecule has 4 rings (SSSR count). The Morgan fingerprint density at radius 1 is 1.30 bits per heavy atom. The van der Waals surface area contributed by atoms with Gasteiger partial charge >= 0.3 is 0 Å². The molecule has 120 valence electrons. The summed E-state index contributed by atoms with van der Waals surface area (Å²) in [5, 5.41) is 7.16. The molecule has 1 amide bonds. The third-order valence-corrected chi connectivity index (χ3v) is 5.63. The molecule has 0 radical (unpaired) electrons. The van der Waals surface area contributed by atoms with Crippen LogP contribution in [-0.4, -0.2) is 45.5 Å². The predicted octanol–water partition coefficient (Wildman–Crippen LogP) is 3.16. The molecule has 3 aliphatic rings. The number of amides is 1. The summed E-state index contributed by atoms with van der Waals surface area (Å²) in [7, 11) is 0. The zero-order valence-electron chi connectivity index (χ0n) is 13.2. The number of benzene rings is 1. The summed E-state index contributed by atoms with van der Waals surface area (Å²) in [5.41, 5.74) is 2.22. The highest BCUT2D eigenvalue weighted by Gasteiger charge is 2.35. The Bertz CT molecular complexity index is 681. The van der Waals surface area contributed by atoms with Gasteiger partial charge in [0.1, 0.15) is 0 Å². The molecule has 0 spiro atoms. The number of thioether (sulfide) groups is 1. The molecule has 1 fully saturated rings. The van der Waals surface area contributed by atoms with Crippen LogP contribution >= 0.6 is 11.8 Å². The predicted molar refractivity (Wildman–Crippen MR) is 94.1 cm³/mol. The summed E-state index contributed by atoms with van der Waals surface area (Å²) in [6.45, 7) is 3.76. The van der Waals surface area contributed by atoms with Gasteiger partial charge in [-0.3, -0.25) is 4.79 Å². The average Bonchev–Trinajstić information content (AvgIpc) is 3.26. The lowest BCUT2D eigenvalue weighted by molar-refractivity contribution is -0.129. The first kappa shape index (κ1) is 14.8. The number of rotatable bonds is 2. The second-order valence-electron chi connectivity index (χ2n) is 6.14. The van der Waals surface area contributed by atoms with Crippen molar-refractivity contribution in [1.29, 1.82) is 0 Å². The fourth-order valence-corrected chi connectivity index (χ4v) is 4.37. The number of fused-ring (bicyclic) bond motifs is 3. The summed E-state index contributed by atoms with van der Waals surface area (Å²) in [4.78, 5) is 19.3. The number of hydrogen-bond acceptors (Lipinski definition) is 5. The number of para-hydroxylation sites is 1. The fourth-order valence-electron chi connectivity index (χ4n) is 3.37. The molecule has 0 unspecified atom stereocenters. The SMILES string of the molecule is C[C@@H](SC1=Nc2ccccc2[C@@H]2CC=NN12)C(=O)N1CCCC1. The first-order valence-electron chi connectivity index (χ1n) is 8.19. The Balaban J connectivity index is 1.57. The lowest BCUT2D eigenvalue weighted by Crippen LogP contribution is -2.36. The Hall–Kier alpha value is -1.82. The number of hydrogen-bond donors (Lipinski definition) is 0. The van der Waals surface area contributed by atoms with E-state index in [1.54, 1.807) is 0 Å². The van der Waals surface area contributed by atoms with Crippen LogP contribution in [-0.2, 0) is 4.79 Å². The monoisotopic (exact) mass is 328 g/mol. The molecule has 0 N–H and O–H groups in total. The maximum absolute atomic E-state index is 12.5.